The van der Waals surface area contributed by atoms with Crippen molar-refractivity contribution in [3.63, 3.8) is 0 Å². The minimum absolute atomic E-state index is 0.0881. The number of rotatable bonds is 4. The smallest absolute Gasteiger partial charge is 0.320 e. The molecule has 0 aromatic carbocycles. The van der Waals surface area contributed by atoms with Crippen LogP contribution in [0, 0.1) is 0 Å². The lowest BCUT2D eigenvalue weighted by atomic mass is 10.0. The van der Waals surface area contributed by atoms with Gasteiger partial charge in [-0.15, -0.1) is 0 Å². The van der Waals surface area contributed by atoms with Gasteiger partial charge >= 0.3 is 11.9 Å². The summed E-state index contributed by atoms with van der Waals surface area (Å²) in [4.78, 5) is 23.8. The first kappa shape index (κ1) is 12.0. The van der Waals surface area contributed by atoms with Crippen LogP contribution in [0.5, 0.6) is 0 Å². The largest absolute Gasteiger partial charge is 0.480 e. The summed E-state index contributed by atoms with van der Waals surface area (Å²) in [5, 5.41) is 8.96. The predicted molar refractivity (Wildman–Crippen MR) is 53.5 cm³/mol. The van der Waals surface area contributed by atoms with Crippen LogP contribution in [-0.2, 0) is 14.3 Å². The number of carboxylic acids is 1. The highest BCUT2D eigenvalue weighted by Crippen LogP contribution is 2.16. The second kappa shape index (κ2) is 5.70. The zero-order valence-electron chi connectivity index (χ0n) is 8.94. The van der Waals surface area contributed by atoms with Crippen LogP contribution < -0.4 is 0 Å². The Kier molecular flexibility index (Phi) is 4.55. The minimum Gasteiger partial charge on any atom is -0.480 e. The van der Waals surface area contributed by atoms with Crippen LogP contribution in [0.3, 0.4) is 0 Å². The number of hydrogen-bond acceptors (Lipinski definition) is 4. The summed E-state index contributed by atoms with van der Waals surface area (Å²) in [5.41, 5.74) is 0. The molecule has 15 heavy (non-hydrogen) atoms. The number of ether oxygens (including phenoxy) is 1. The summed E-state index contributed by atoms with van der Waals surface area (Å²) in [6.45, 7) is 2.83. The number of carbonyl (C=O) groups excluding carboxylic acids is 1. The molecule has 1 N–H and O–H groups in total. The molecule has 5 heteroatoms. The van der Waals surface area contributed by atoms with E-state index >= 15 is 0 Å². The van der Waals surface area contributed by atoms with Crippen LogP contribution >= 0.6 is 0 Å². The molecule has 1 unspecified atom stereocenters. The Balaban J connectivity index is 2.49. The van der Waals surface area contributed by atoms with E-state index in [2.05, 4.69) is 0 Å². The van der Waals surface area contributed by atoms with Crippen molar-refractivity contribution in [2.45, 2.75) is 32.2 Å². The molecule has 5 nitrogen and oxygen atoms in total. The fraction of sp³-hybridized carbons (Fsp3) is 0.800. The van der Waals surface area contributed by atoms with E-state index in [-0.39, 0.29) is 12.5 Å². The summed E-state index contributed by atoms with van der Waals surface area (Å²) >= 11 is 0. The first-order valence-corrected chi connectivity index (χ1v) is 5.27. The molecule has 86 valence electrons. The van der Waals surface area contributed by atoms with Gasteiger partial charge in [0.1, 0.15) is 6.04 Å². The van der Waals surface area contributed by atoms with Gasteiger partial charge in [-0.25, -0.2) is 0 Å². The Morgan fingerprint density at radius 2 is 2.20 bits per heavy atom. The summed E-state index contributed by atoms with van der Waals surface area (Å²) in [7, 11) is 0. The molecule has 1 rings (SSSR count). The third-order valence-electron chi connectivity index (χ3n) is 2.54. The average molecular weight is 215 g/mol. The molecule has 0 radical (unpaired) electrons. The molecule has 0 amide bonds. The van der Waals surface area contributed by atoms with E-state index in [1.165, 1.54) is 0 Å². The van der Waals surface area contributed by atoms with E-state index in [0.29, 0.717) is 19.6 Å². The fourth-order valence-corrected chi connectivity index (χ4v) is 1.83. The summed E-state index contributed by atoms with van der Waals surface area (Å²) in [5.74, 6) is -1.19. The van der Waals surface area contributed by atoms with Crippen molar-refractivity contribution < 1.29 is 19.4 Å². The van der Waals surface area contributed by atoms with Crippen molar-refractivity contribution in [2.24, 2.45) is 0 Å². The normalized spacial score (nSPS) is 22.3. The lowest BCUT2D eigenvalue weighted by molar-refractivity contribution is -0.150. The number of piperidine rings is 1. The SMILES string of the molecule is CCOC(=O)CN1CCCCC1C(=O)O. The molecule has 0 aliphatic carbocycles. The van der Waals surface area contributed by atoms with Crippen LogP contribution in [-0.4, -0.2) is 47.7 Å². The van der Waals surface area contributed by atoms with Gasteiger partial charge in [-0.2, -0.15) is 0 Å². The Labute approximate surface area is 89.0 Å². The van der Waals surface area contributed by atoms with Gasteiger partial charge in [0.15, 0.2) is 0 Å². The van der Waals surface area contributed by atoms with E-state index in [1.807, 2.05) is 0 Å². The van der Waals surface area contributed by atoms with Crippen LogP contribution in [0.25, 0.3) is 0 Å². The van der Waals surface area contributed by atoms with Crippen molar-refractivity contribution in [2.75, 3.05) is 19.7 Å². The molecule has 0 saturated carbocycles. The predicted octanol–water partition coefficient (Wildman–Crippen LogP) is 0.489. The molecule has 0 bridgehead atoms. The summed E-state index contributed by atoms with van der Waals surface area (Å²) < 4.78 is 4.80. The van der Waals surface area contributed by atoms with Crippen molar-refractivity contribution in [3.8, 4) is 0 Å². The number of carboxylic acid groups (broad SMARTS) is 1. The van der Waals surface area contributed by atoms with Gasteiger partial charge in [0.25, 0.3) is 0 Å². The van der Waals surface area contributed by atoms with Crippen LogP contribution in [0.15, 0.2) is 0 Å². The highest BCUT2D eigenvalue weighted by atomic mass is 16.5. The zero-order valence-corrected chi connectivity index (χ0v) is 8.94. The lowest BCUT2D eigenvalue weighted by Crippen LogP contribution is -2.47. The minimum atomic E-state index is -0.848. The topological polar surface area (TPSA) is 66.8 Å². The maximum Gasteiger partial charge on any atom is 0.320 e. The van der Waals surface area contributed by atoms with Gasteiger partial charge in [0, 0.05) is 0 Å². The second-order valence-corrected chi connectivity index (χ2v) is 3.63. The van der Waals surface area contributed by atoms with Gasteiger partial charge in [0.05, 0.1) is 13.2 Å². The Hall–Kier alpha value is -1.10. The van der Waals surface area contributed by atoms with Crippen LogP contribution in [0.4, 0.5) is 0 Å². The van der Waals surface area contributed by atoms with Gasteiger partial charge in [-0.3, -0.25) is 14.5 Å². The van der Waals surface area contributed by atoms with Gasteiger partial charge in [0.2, 0.25) is 0 Å². The van der Waals surface area contributed by atoms with Crippen molar-refractivity contribution in [1.82, 2.24) is 4.90 Å². The Morgan fingerprint density at radius 3 is 2.80 bits per heavy atom. The molecule has 1 aliphatic heterocycles. The van der Waals surface area contributed by atoms with Crippen LogP contribution in [0.1, 0.15) is 26.2 Å². The van der Waals surface area contributed by atoms with E-state index in [9.17, 15) is 9.59 Å². The maximum atomic E-state index is 11.2. The van der Waals surface area contributed by atoms with Crippen molar-refractivity contribution in [1.29, 1.82) is 0 Å². The van der Waals surface area contributed by atoms with Crippen LogP contribution in [0.2, 0.25) is 0 Å². The number of likely N-dealkylation sites (tertiary alicyclic amines) is 1. The second-order valence-electron chi connectivity index (χ2n) is 3.63. The molecule has 0 aromatic heterocycles. The number of esters is 1. The third kappa shape index (κ3) is 3.51. The highest BCUT2D eigenvalue weighted by molar-refractivity contribution is 5.76. The number of carbonyl (C=O) groups is 2. The van der Waals surface area contributed by atoms with E-state index in [4.69, 9.17) is 9.84 Å². The van der Waals surface area contributed by atoms with E-state index in [0.717, 1.165) is 12.8 Å². The molecule has 1 aliphatic rings. The molecular formula is C10H17NO4. The highest BCUT2D eigenvalue weighted by Gasteiger charge is 2.29. The molecule has 0 aromatic rings. The van der Waals surface area contributed by atoms with E-state index in [1.54, 1.807) is 11.8 Å². The fourth-order valence-electron chi connectivity index (χ4n) is 1.83. The third-order valence-corrected chi connectivity index (χ3v) is 2.54. The number of aliphatic carboxylic acids is 1. The van der Waals surface area contributed by atoms with Gasteiger partial charge in [-0.05, 0) is 26.3 Å². The first-order chi connectivity index (χ1) is 7.15. The average Bonchev–Trinajstić information content (AvgIpc) is 2.18. The van der Waals surface area contributed by atoms with E-state index < -0.39 is 12.0 Å². The molecule has 1 saturated heterocycles. The quantitative estimate of drug-likeness (QED) is 0.691. The molecule has 1 atom stereocenters. The standard InChI is InChI=1S/C10H17NO4/c1-2-15-9(12)7-11-6-4-3-5-8(11)10(13)14/h8H,2-7H2,1H3,(H,13,14). The monoisotopic (exact) mass is 215 g/mol. The Bertz CT molecular complexity index is 242. The van der Waals surface area contributed by atoms with Gasteiger partial charge < -0.3 is 9.84 Å². The summed E-state index contributed by atoms with van der Waals surface area (Å²) in [6.07, 6.45) is 2.48. The molecule has 1 fully saturated rings. The maximum absolute atomic E-state index is 11.2. The van der Waals surface area contributed by atoms with Crippen molar-refractivity contribution >= 4 is 11.9 Å². The number of nitrogens with zero attached hydrogens (tertiary/aromatic N) is 1. The zero-order chi connectivity index (χ0) is 11.3. The molecule has 1 heterocycles. The first-order valence-electron chi connectivity index (χ1n) is 5.27. The summed E-state index contributed by atoms with van der Waals surface area (Å²) in [6, 6.07) is -0.525. The molecule has 0 spiro atoms. The number of hydrogen-bond donors (Lipinski definition) is 1. The Morgan fingerprint density at radius 1 is 1.47 bits per heavy atom. The van der Waals surface area contributed by atoms with Crippen molar-refractivity contribution in [3.05, 3.63) is 0 Å². The van der Waals surface area contributed by atoms with Gasteiger partial charge in [-0.1, -0.05) is 6.42 Å². The lowest BCUT2D eigenvalue weighted by Gasteiger charge is -2.31. The molecular weight excluding hydrogens is 198 g/mol.